The third-order valence-corrected chi connectivity index (χ3v) is 14.9. The molecule has 5 rings (SSSR count). The van der Waals surface area contributed by atoms with Gasteiger partial charge in [0.05, 0.1) is 0 Å². The van der Waals surface area contributed by atoms with Crippen LogP contribution in [0.5, 0.6) is 0 Å². The Balaban J connectivity index is 0.00000190. The van der Waals surface area contributed by atoms with Crippen LogP contribution in [-0.4, -0.2) is 3.21 Å². The molecule has 3 aromatic carbocycles. The van der Waals surface area contributed by atoms with Crippen molar-refractivity contribution in [3.63, 3.8) is 0 Å². The smallest absolute Gasteiger partial charge is 1.00 e. The minimum atomic E-state index is -2.44. The zero-order valence-electron chi connectivity index (χ0n) is 22.2. The van der Waals surface area contributed by atoms with Crippen LogP contribution in [0.3, 0.4) is 0 Å². The Kier molecular flexibility index (Phi) is 9.39. The van der Waals surface area contributed by atoms with E-state index in [0.717, 1.165) is 12.8 Å². The zero-order valence-corrected chi connectivity index (χ0v) is 26.1. The molecule has 0 aromatic heterocycles. The Morgan fingerprint density at radius 2 is 1.54 bits per heavy atom. The Morgan fingerprint density at radius 3 is 2.16 bits per heavy atom. The standard InChI is InChI=1S/C17H13.C9H13.C8H8.2ClH.Zr/c1-3-12-5-7-14-11-15-8-6-13(4-2)10-17(15)16(14)9-12;1-9(2,3)8-6-4-5-7-8;1-2-8-6-4-3-5-7-8;;;/h3-7,9-10H,1-2,11H2;6-7H,4H2,1-3H3;3-7H,1H3;2*1H;/q;;;;;+2/p-2. The van der Waals surface area contributed by atoms with Crippen LogP contribution in [-0.2, 0) is 27.7 Å². The van der Waals surface area contributed by atoms with E-state index >= 15 is 0 Å². The Bertz CT molecular complexity index is 1450. The summed E-state index contributed by atoms with van der Waals surface area (Å²) >= 11 is -2.44. The summed E-state index contributed by atoms with van der Waals surface area (Å²) in [5, 5.41) is 0. The Morgan fingerprint density at radius 1 is 0.865 bits per heavy atom. The second kappa shape index (κ2) is 11.8. The fourth-order valence-corrected chi connectivity index (χ4v) is 13.1. The third-order valence-electron chi connectivity index (χ3n) is 7.44. The summed E-state index contributed by atoms with van der Waals surface area (Å²) in [7, 11) is 0. The van der Waals surface area contributed by atoms with Crippen molar-refractivity contribution in [2.24, 2.45) is 5.41 Å². The molecule has 3 aromatic rings. The number of fused-ring (bicyclic) bond motifs is 3. The third kappa shape index (κ3) is 5.70. The van der Waals surface area contributed by atoms with Crippen LogP contribution in [0.2, 0.25) is 0 Å². The summed E-state index contributed by atoms with van der Waals surface area (Å²) in [6, 6.07) is 22.7. The summed E-state index contributed by atoms with van der Waals surface area (Å²) < 4.78 is 4.91. The van der Waals surface area contributed by atoms with Crippen LogP contribution in [0, 0.1) is 5.41 Å². The fourth-order valence-electron chi connectivity index (χ4n) is 5.45. The molecule has 37 heavy (non-hydrogen) atoms. The van der Waals surface area contributed by atoms with E-state index in [1.54, 1.807) is 15.3 Å². The maximum Gasteiger partial charge on any atom is -1.00 e. The Labute approximate surface area is 242 Å². The van der Waals surface area contributed by atoms with E-state index in [4.69, 9.17) is 0 Å². The van der Waals surface area contributed by atoms with E-state index in [-0.39, 0.29) is 30.2 Å². The van der Waals surface area contributed by atoms with E-state index in [1.807, 2.05) is 12.2 Å². The SMILES string of the molecule is C=Cc1ccc2c(c1)-c1cc(C=C)c[c](/[Zr+2]([C]3=CC(C(C)(C)C)=CC3)=[C](/C)c3ccccc3)c1C2.[Cl-].[Cl-]. The molecule has 188 valence electrons. The molecule has 2 aliphatic carbocycles. The van der Waals surface area contributed by atoms with Crippen molar-refractivity contribution in [3.8, 4) is 11.1 Å². The summed E-state index contributed by atoms with van der Waals surface area (Å²) in [6.45, 7) is 17.6. The average Bonchev–Trinajstić information content (AvgIpc) is 3.49. The summed E-state index contributed by atoms with van der Waals surface area (Å²) in [5.41, 5.74) is 11.2. The molecule has 0 atom stereocenters. The molecule has 0 nitrogen and oxygen atoms in total. The van der Waals surface area contributed by atoms with Crippen molar-refractivity contribution in [1.29, 1.82) is 0 Å². The summed E-state index contributed by atoms with van der Waals surface area (Å²) in [6.07, 6.45) is 11.1. The molecule has 0 spiro atoms. The van der Waals surface area contributed by atoms with Gasteiger partial charge >= 0.3 is 220 Å². The summed E-state index contributed by atoms with van der Waals surface area (Å²) in [5.74, 6) is 0. The van der Waals surface area contributed by atoms with Crippen molar-refractivity contribution in [2.45, 2.75) is 40.5 Å². The quantitative estimate of drug-likeness (QED) is 0.328. The molecule has 0 N–H and O–H groups in total. The van der Waals surface area contributed by atoms with Gasteiger partial charge in [0.25, 0.3) is 0 Å². The molecule has 0 unspecified atom stereocenters. The number of hydrogen-bond acceptors (Lipinski definition) is 0. The van der Waals surface area contributed by atoms with Gasteiger partial charge < -0.3 is 24.8 Å². The monoisotopic (exact) mass is 602 g/mol. The molecule has 2 aliphatic rings. The summed E-state index contributed by atoms with van der Waals surface area (Å²) in [4.78, 5) is 0. The topological polar surface area (TPSA) is 0 Å². The molecule has 0 aliphatic heterocycles. The van der Waals surface area contributed by atoms with Crippen molar-refractivity contribution in [3.05, 3.63) is 123 Å². The number of hydrogen-bond donors (Lipinski definition) is 0. The van der Waals surface area contributed by atoms with Gasteiger partial charge in [-0.2, -0.15) is 0 Å². The number of benzene rings is 3. The van der Waals surface area contributed by atoms with Crippen LogP contribution in [0.15, 0.2) is 94.8 Å². The number of rotatable bonds is 5. The normalized spacial score (nSPS) is 13.8. The van der Waals surface area contributed by atoms with Crippen LogP contribution < -0.4 is 28.1 Å². The molecule has 0 heterocycles. The van der Waals surface area contributed by atoms with Crippen molar-refractivity contribution in [2.75, 3.05) is 0 Å². The van der Waals surface area contributed by atoms with Crippen molar-refractivity contribution >= 4 is 18.6 Å². The van der Waals surface area contributed by atoms with Gasteiger partial charge in [0.1, 0.15) is 0 Å². The predicted octanol–water partition coefficient (Wildman–Crippen LogP) is 2.30. The predicted molar refractivity (Wildman–Crippen MR) is 151 cm³/mol. The maximum absolute atomic E-state index is 4.17. The van der Waals surface area contributed by atoms with E-state index in [0.29, 0.717) is 0 Å². The number of halogens is 2. The van der Waals surface area contributed by atoms with Gasteiger partial charge in [-0.1, -0.05) is 0 Å². The van der Waals surface area contributed by atoms with Gasteiger partial charge in [-0.15, -0.1) is 0 Å². The van der Waals surface area contributed by atoms with Crippen LogP contribution in [0.1, 0.15) is 61.9 Å². The maximum atomic E-state index is 4.17. The molecule has 0 saturated heterocycles. The zero-order chi connectivity index (χ0) is 24.7. The van der Waals surface area contributed by atoms with Crippen molar-refractivity contribution < 1.29 is 46.1 Å². The van der Waals surface area contributed by atoms with Gasteiger partial charge in [-0.25, -0.2) is 0 Å². The fraction of sp³-hybridized carbons (Fsp3) is 0.206. The van der Waals surface area contributed by atoms with Gasteiger partial charge in [0.2, 0.25) is 0 Å². The first kappa shape index (κ1) is 29.5. The molecule has 0 fully saturated rings. The van der Waals surface area contributed by atoms with E-state index in [9.17, 15) is 0 Å². The molecule has 3 heteroatoms. The van der Waals surface area contributed by atoms with E-state index < -0.39 is 21.3 Å². The molecule has 0 bridgehead atoms. The second-order valence-electron chi connectivity index (χ2n) is 10.7. The number of allylic oxidation sites excluding steroid dienone is 4. The molecule has 0 saturated carbocycles. The minimum absolute atomic E-state index is 0. The van der Waals surface area contributed by atoms with E-state index in [1.165, 1.54) is 39.0 Å². The minimum Gasteiger partial charge on any atom is -1.00 e. The molecule has 0 radical (unpaired) electrons. The Hall–Kier alpha value is -2.05. The second-order valence-corrected chi connectivity index (χ2v) is 17.3. The van der Waals surface area contributed by atoms with Crippen LogP contribution in [0.4, 0.5) is 0 Å². The van der Waals surface area contributed by atoms with Crippen LogP contribution in [0.25, 0.3) is 23.3 Å². The van der Waals surface area contributed by atoms with Crippen molar-refractivity contribution in [1.82, 2.24) is 0 Å². The van der Waals surface area contributed by atoms with Gasteiger partial charge in [-0.3, -0.25) is 0 Å². The largest absolute Gasteiger partial charge is 1.00 e. The molecular weight excluding hydrogens is 571 g/mol. The van der Waals surface area contributed by atoms with E-state index in [2.05, 4.69) is 114 Å². The molecule has 0 amide bonds. The van der Waals surface area contributed by atoms with Gasteiger partial charge in [0, 0.05) is 0 Å². The first-order chi connectivity index (χ1) is 16.8. The molecular formula is C34H34Cl2Zr. The van der Waals surface area contributed by atoms with Crippen LogP contribution >= 0.6 is 0 Å². The van der Waals surface area contributed by atoms with Gasteiger partial charge in [0.15, 0.2) is 0 Å². The van der Waals surface area contributed by atoms with Gasteiger partial charge in [-0.05, 0) is 0 Å². The first-order valence-electron chi connectivity index (χ1n) is 12.5. The first-order valence-corrected chi connectivity index (χ1v) is 16.2. The average molecular weight is 605 g/mol.